The van der Waals surface area contributed by atoms with Gasteiger partial charge in [-0.3, -0.25) is 9.36 Å². The summed E-state index contributed by atoms with van der Waals surface area (Å²) in [5.74, 6) is 0.0401. The second-order valence-corrected chi connectivity index (χ2v) is 5.10. The molecule has 0 unspecified atom stereocenters. The van der Waals surface area contributed by atoms with Crippen LogP contribution in [0.25, 0.3) is 0 Å². The van der Waals surface area contributed by atoms with Gasteiger partial charge in [-0.1, -0.05) is 23.7 Å². The Morgan fingerprint density at radius 2 is 2.14 bits per heavy atom. The van der Waals surface area contributed by atoms with Crippen LogP contribution in [-0.2, 0) is 17.8 Å². The van der Waals surface area contributed by atoms with Gasteiger partial charge in [0, 0.05) is 17.8 Å². The van der Waals surface area contributed by atoms with Crippen LogP contribution in [0, 0.1) is 6.92 Å². The minimum atomic E-state index is -0.377. The highest BCUT2D eigenvalue weighted by Gasteiger charge is 2.07. The summed E-state index contributed by atoms with van der Waals surface area (Å²) in [6, 6.07) is 7.04. The smallest absolute Gasteiger partial charge is 0.310 e. The van der Waals surface area contributed by atoms with Crippen molar-refractivity contribution in [2.24, 2.45) is 0 Å². The summed E-state index contributed by atoms with van der Waals surface area (Å²) < 4.78 is 1.46. The lowest BCUT2D eigenvalue weighted by Crippen LogP contribution is -2.24. The molecule has 6 heteroatoms. The first-order valence-corrected chi connectivity index (χ1v) is 6.99. The first-order valence-electron chi connectivity index (χ1n) is 6.62. The van der Waals surface area contributed by atoms with Crippen LogP contribution in [0.5, 0.6) is 0 Å². The number of carbonyl (C=O) groups is 1. The number of halogens is 1. The molecule has 1 N–H and O–H groups in total. The Morgan fingerprint density at radius 3 is 2.76 bits per heavy atom. The normalized spacial score (nSPS) is 10.4. The molecule has 0 aliphatic carbocycles. The maximum Gasteiger partial charge on any atom is 0.349 e. The maximum absolute atomic E-state index is 12.0. The Bertz CT molecular complexity index is 725. The van der Waals surface area contributed by atoms with Crippen molar-refractivity contribution in [3.05, 3.63) is 57.1 Å². The van der Waals surface area contributed by atoms with E-state index in [1.165, 1.54) is 4.57 Å². The van der Waals surface area contributed by atoms with Crippen molar-refractivity contribution in [2.75, 3.05) is 5.32 Å². The molecule has 0 radical (unpaired) electrons. The fourth-order valence-electron chi connectivity index (χ4n) is 1.93. The molecule has 1 aromatic carbocycles. The number of carbonyl (C=O) groups excluding carboxylic acids is 1. The number of aromatic nitrogens is 2. The Balaban J connectivity index is 2.06. The van der Waals surface area contributed by atoms with Crippen molar-refractivity contribution in [3.8, 4) is 0 Å². The zero-order valence-corrected chi connectivity index (χ0v) is 12.6. The van der Waals surface area contributed by atoms with Gasteiger partial charge in [-0.05, 0) is 37.1 Å². The van der Waals surface area contributed by atoms with E-state index in [2.05, 4.69) is 10.3 Å². The molecule has 0 aliphatic rings. The molecule has 1 heterocycles. The minimum Gasteiger partial charge on any atom is -0.310 e. The quantitative estimate of drug-likeness (QED) is 0.943. The van der Waals surface area contributed by atoms with Crippen molar-refractivity contribution < 1.29 is 4.79 Å². The van der Waals surface area contributed by atoms with Crippen LogP contribution in [0.15, 0.2) is 35.3 Å². The average Bonchev–Trinajstić information content (AvgIpc) is 2.43. The summed E-state index contributed by atoms with van der Waals surface area (Å²) in [7, 11) is 0. The highest BCUT2D eigenvalue weighted by molar-refractivity contribution is 6.31. The minimum absolute atomic E-state index is 0.205. The van der Waals surface area contributed by atoms with Gasteiger partial charge in [0.2, 0.25) is 5.91 Å². The van der Waals surface area contributed by atoms with E-state index in [-0.39, 0.29) is 23.8 Å². The van der Waals surface area contributed by atoms with Crippen molar-refractivity contribution >= 4 is 23.3 Å². The van der Waals surface area contributed by atoms with E-state index in [1.54, 1.807) is 24.4 Å². The number of anilines is 1. The van der Waals surface area contributed by atoms with Gasteiger partial charge in [0.1, 0.15) is 5.82 Å². The van der Waals surface area contributed by atoms with Gasteiger partial charge in [0.05, 0.1) is 6.42 Å². The number of hydrogen-bond acceptors (Lipinski definition) is 3. The van der Waals surface area contributed by atoms with Gasteiger partial charge in [0.15, 0.2) is 0 Å². The van der Waals surface area contributed by atoms with Crippen LogP contribution in [0.3, 0.4) is 0 Å². The van der Waals surface area contributed by atoms with E-state index in [9.17, 15) is 9.59 Å². The number of benzene rings is 1. The molecular weight excluding hydrogens is 290 g/mol. The number of hydrogen-bond donors (Lipinski definition) is 1. The van der Waals surface area contributed by atoms with Crippen molar-refractivity contribution in [2.45, 2.75) is 26.8 Å². The third kappa shape index (κ3) is 3.92. The number of nitrogens with zero attached hydrogens (tertiary/aromatic N) is 2. The maximum atomic E-state index is 12.0. The summed E-state index contributed by atoms with van der Waals surface area (Å²) in [4.78, 5) is 27.3. The molecule has 0 atom stereocenters. The number of aryl methyl sites for hydroxylation is 2. The molecule has 1 amide bonds. The second-order valence-electron chi connectivity index (χ2n) is 4.69. The van der Waals surface area contributed by atoms with Gasteiger partial charge >= 0.3 is 5.69 Å². The third-order valence-electron chi connectivity index (χ3n) is 3.07. The first kappa shape index (κ1) is 15.3. The summed E-state index contributed by atoms with van der Waals surface area (Å²) in [5, 5.41) is 3.29. The topological polar surface area (TPSA) is 64.0 Å². The molecule has 0 spiro atoms. The number of rotatable bonds is 4. The van der Waals surface area contributed by atoms with Crippen LogP contribution in [0.4, 0.5) is 5.82 Å². The lowest BCUT2D eigenvalue weighted by atomic mass is 10.1. The molecule has 5 nitrogen and oxygen atoms in total. The highest BCUT2D eigenvalue weighted by atomic mass is 35.5. The van der Waals surface area contributed by atoms with E-state index in [0.29, 0.717) is 11.6 Å². The van der Waals surface area contributed by atoms with Crippen molar-refractivity contribution in [1.82, 2.24) is 9.55 Å². The molecular formula is C15H16ClN3O2. The molecule has 0 fully saturated rings. The van der Waals surface area contributed by atoms with Crippen molar-refractivity contribution in [3.63, 3.8) is 0 Å². The van der Waals surface area contributed by atoms with E-state index in [4.69, 9.17) is 11.6 Å². The lowest BCUT2D eigenvalue weighted by Gasteiger charge is -2.07. The fraction of sp³-hybridized carbons (Fsp3) is 0.267. The number of amides is 1. The average molecular weight is 306 g/mol. The lowest BCUT2D eigenvalue weighted by molar-refractivity contribution is -0.115. The zero-order chi connectivity index (χ0) is 15.4. The molecule has 2 aromatic rings. The monoisotopic (exact) mass is 305 g/mol. The van der Waals surface area contributed by atoms with Gasteiger partial charge in [0.25, 0.3) is 0 Å². The zero-order valence-electron chi connectivity index (χ0n) is 11.9. The van der Waals surface area contributed by atoms with E-state index >= 15 is 0 Å². The van der Waals surface area contributed by atoms with Crippen LogP contribution < -0.4 is 11.0 Å². The van der Waals surface area contributed by atoms with E-state index in [1.807, 2.05) is 19.9 Å². The SMILES string of the molecule is CCn1ccc(NC(=O)Cc2ccc(Cl)c(C)c2)nc1=O. The third-order valence-corrected chi connectivity index (χ3v) is 3.49. The molecule has 21 heavy (non-hydrogen) atoms. The summed E-state index contributed by atoms with van der Waals surface area (Å²) in [5.41, 5.74) is 1.40. The Hall–Kier alpha value is -2.14. The van der Waals surface area contributed by atoms with Gasteiger partial charge in [-0.25, -0.2) is 4.79 Å². The Morgan fingerprint density at radius 1 is 1.38 bits per heavy atom. The molecule has 110 valence electrons. The van der Waals surface area contributed by atoms with E-state index in [0.717, 1.165) is 11.1 Å². The Kier molecular flexibility index (Phi) is 4.75. The van der Waals surface area contributed by atoms with Crippen LogP contribution >= 0.6 is 11.6 Å². The Labute approximate surface area is 127 Å². The van der Waals surface area contributed by atoms with Crippen LogP contribution in [-0.4, -0.2) is 15.5 Å². The number of nitrogens with one attached hydrogen (secondary N) is 1. The summed E-state index contributed by atoms with van der Waals surface area (Å²) >= 11 is 5.95. The van der Waals surface area contributed by atoms with Gasteiger partial charge in [-0.2, -0.15) is 4.98 Å². The molecule has 0 saturated carbocycles. The van der Waals surface area contributed by atoms with Crippen LogP contribution in [0.2, 0.25) is 5.02 Å². The predicted molar refractivity (Wildman–Crippen MR) is 82.7 cm³/mol. The van der Waals surface area contributed by atoms with E-state index < -0.39 is 0 Å². The summed E-state index contributed by atoms with van der Waals surface area (Å²) in [6.45, 7) is 4.28. The largest absolute Gasteiger partial charge is 0.349 e. The molecule has 0 aliphatic heterocycles. The standard InChI is InChI=1S/C15H16ClN3O2/c1-3-19-7-6-13(18-15(19)21)17-14(20)9-11-4-5-12(16)10(2)8-11/h4-8H,3,9H2,1-2H3,(H,17,18,20,21). The van der Waals surface area contributed by atoms with Gasteiger partial charge < -0.3 is 5.32 Å². The first-order chi connectivity index (χ1) is 9.99. The second kappa shape index (κ2) is 6.54. The molecule has 1 aromatic heterocycles. The summed E-state index contributed by atoms with van der Waals surface area (Å²) in [6.07, 6.45) is 1.81. The molecule has 0 bridgehead atoms. The van der Waals surface area contributed by atoms with Crippen LogP contribution in [0.1, 0.15) is 18.1 Å². The van der Waals surface area contributed by atoms with Crippen molar-refractivity contribution in [1.29, 1.82) is 0 Å². The highest BCUT2D eigenvalue weighted by Crippen LogP contribution is 2.16. The molecule has 2 rings (SSSR count). The van der Waals surface area contributed by atoms with Gasteiger partial charge in [-0.15, -0.1) is 0 Å². The molecule has 0 saturated heterocycles. The predicted octanol–water partition coefficient (Wildman–Crippen LogP) is 2.41. The fourth-order valence-corrected chi connectivity index (χ4v) is 2.05.